The number of anilines is 1. The number of nitrogens with zero attached hydrogens (tertiary/aromatic N) is 3. The standard InChI is InChI=1S/C15H14ClF3N4O3/c1-9-13(16)14(23(25)26)21-22(9)7-3-6-12(24)20-11-5-2-4-10(8-11)15(17,18)19/h2,4-5,8H,3,6-7H2,1H3,(H,20,24). The van der Waals surface area contributed by atoms with Crippen LogP contribution in [0, 0.1) is 17.0 Å². The van der Waals surface area contributed by atoms with E-state index in [0.717, 1.165) is 12.1 Å². The molecular formula is C15H14ClF3N4O3. The molecule has 7 nitrogen and oxygen atoms in total. The Morgan fingerprint density at radius 3 is 2.69 bits per heavy atom. The van der Waals surface area contributed by atoms with Crippen molar-refractivity contribution in [2.75, 3.05) is 5.32 Å². The molecule has 2 rings (SSSR count). The third kappa shape index (κ3) is 4.72. The predicted octanol–water partition coefficient (Wildman–Crippen LogP) is 4.19. The summed E-state index contributed by atoms with van der Waals surface area (Å²) in [5.74, 6) is -0.938. The number of alkyl halides is 3. The summed E-state index contributed by atoms with van der Waals surface area (Å²) in [4.78, 5) is 21.9. The monoisotopic (exact) mass is 390 g/mol. The number of benzene rings is 1. The minimum atomic E-state index is -4.49. The first-order chi connectivity index (χ1) is 12.1. The third-order valence-electron chi connectivity index (χ3n) is 3.54. The van der Waals surface area contributed by atoms with Gasteiger partial charge in [0.15, 0.2) is 5.02 Å². The number of amides is 1. The number of nitrogens with one attached hydrogen (secondary N) is 1. The fraction of sp³-hybridized carbons (Fsp3) is 0.333. The van der Waals surface area contributed by atoms with Crippen LogP contribution in [-0.4, -0.2) is 20.6 Å². The number of aromatic nitrogens is 2. The first-order valence-electron chi connectivity index (χ1n) is 7.44. The molecule has 0 atom stereocenters. The summed E-state index contributed by atoms with van der Waals surface area (Å²) in [6.45, 7) is 1.76. The maximum absolute atomic E-state index is 12.6. The molecule has 11 heteroatoms. The Balaban J connectivity index is 1.92. The molecule has 0 saturated heterocycles. The first kappa shape index (κ1) is 19.7. The molecule has 0 aliphatic carbocycles. The molecule has 0 unspecified atom stereocenters. The van der Waals surface area contributed by atoms with Crippen molar-refractivity contribution in [2.45, 2.75) is 32.5 Å². The largest absolute Gasteiger partial charge is 0.416 e. The molecule has 0 spiro atoms. The van der Waals surface area contributed by atoms with Crippen molar-refractivity contribution >= 4 is 29.0 Å². The summed E-state index contributed by atoms with van der Waals surface area (Å²) in [6, 6.07) is 4.31. The summed E-state index contributed by atoms with van der Waals surface area (Å²) in [7, 11) is 0. The Labute approximate surface area is 150 Å². The molecule has 0 saturated carbocycles. The van der Waals surface area contributed by atoms with Gasteiger partial charge in [0.2, 0.25) is 5.91 Å². The van der Waals surface area contributed by atoms with Crippen molar-refractivity contribution in [1.29, 1.82) is 0 Å². The molecule has 140 valence electrons. The number of rotatable bonds is 6. The number of nitro groups is 1. The van der Waals surface area contributed by atoms with Gasteiger partial charge in [0, 0.05) is 12.1 Å². The Hall–Kier alpha value is -2.62. The maximum Gasteiger partial charge on any atom is 0.416 e. The number of hydrogen-bond acceptors (Lipinski definition) is 4. The van der Waals surface area contributed by atoms with Crippen LogP contribution in [0.1, 0.15) is 24.1 Å². The van der Waals surface area contributed by atoms with Crippen molar-refractivity contribution in [3.63, 3.8) is 0 Å². The third-order valence-corrected chi connectivity index (χ3v) is 3.98. The van der Waals surface area contributed by atoms with Gasteiger partial charge in [-0.15, -0.1) is 0 Å². The Bertz CT molecular complexity index is 836. The molecule has 0 fully saturated rings. The maximum atomic E-state index is 12.6. The Morgan fingerprint density at radius 1 is 1.42 bits per heavy atom. The summed E-state index contributed by atoms with van der Waals surface area (Å²) in [5.41, 5.74) is -0.417. The number of carbonyl (C=O) groups is 1. The number of hydrogen-bond donors (Lipinski definition) is 1. The van der Waals surface area contributed by atoms with Crippen LogP contribution in [0.5, 0.6) is 0 Å². The van der Waals surface area contributed by atoms with Crippen molar-refractivity contribution < 1.29 is 22.9 Å². The van der Waals surface area contributed by atoms with E-state index in [9.17, 15) is 28.1 Å². The van der Waals surface area contributed by atoms with E-state index in [-0.39, 0.29) is 30.1 Å². The van der Waals surface area contributed by atoms with Crippen LogP contribution in [-0.2, 0) is 17.5 Å². The quantitative estimate of drug-likeness (QED) is 0.591. The summed E-state index contributed by atoms with van der Waals surface area (Å²) < 4.78 is 39.2. The van der Waals surface area contributed by atoms with Crippen molar-refractivity contribution in [3.05, 3.63) is 50.7 Å². The van der Waals surface area contributed by atoms with Gasteiger partial charge in [-0.2, -0.15) is 17.9 Å². The van der Waals surface area contributed by atoms with Gasteiger partial charge in [0.05, 0.1) is 22.9 Å². The highest BCUT2D eigenvalue weighted by Gasteiger charge is 2.30. The summed E-state index contributed by atoms with van der Waals surface area (Å²) >= 11 is 5.81. The summed E-state index contributed by atoms with van der Waals surface area (Å²) in [6.07, 6.45) is -4.21. The van der Waals surface area contributed by atoms with Crippen LogP contribution in [0.4, 0.5) is 24.7 Å². The van der Waals surface area contributed by atoms with Crippen LogP contribution in [0.2, 0.25) is 5.02 Å². The molecule has 2 aromatic rings. The zero-order valence-electron chi connectivity index (χ0n) is 13.5. The normalized spacial score (nSPS) is 11.4. The molecule has 1 amide bonds. The second kappa shape index (κ2) is 7.73. The van der Waals surface area contributed by atoms with Crippen LogP contribution < -0.4 is 5.32 Å². The molecule has 1 aromatic heterocycles. The molecule has 1 heterocycles. The molecule has 0 bridgehead atoms. The predicted molar refractivity (Wildman–Crippen MR) is 87.9 cm³/mol. The van der Waals surface area contributed by atoms with Gasteiger partial charge in [0.1, 0.15) is 0 Å². The van der Waals surface area contributed by atoms with E-state index >= 15 is 0 Å². The van der Waals surface area contributed by atoms with Crippen molar-refractivity contribution in [3.8, 4) is 0 Å². The van der Waals surface area contributed by atoms with Crippen LogP contribution in [0.3, 0.4) is 0 Å². The highest BCUT2D eigenvalue weighted by molar-refractivity contribution is 6.33. The highest BCUT2D eigenvalue weighted by atomic mass is 35.5. The van der Waals surface area contributed by atoms with Gasteiger partial charge in [-0.1, -0.05) is 17.7 Å². The lowest BCUT2D eigenvalue weighted by molar-refractivity contribution is -0.389. The molecule has 0 aliphatic heterocycles. The lowest BCUT2D eigenvalue weighted by Crippen LogP contribution is -2.14. The fourth-order valence-electron chi connectivity index (χ4n) is 2.23. The highest BCUT2D eigenvalue weighted by Crippen LogP contribution is 2.30. The van der Waals surface area contributed by atoms with Crippen molar-refractivity contribution in [2.24, 2.45) is 0 Å². The number of carbonyl (C=O) groups excluding carboxylic acids is 1. The second-order valence-corrected chi connectivity index (χ2v) is 5.81. The molecule has 1 N–H and O–H groups in total. The molecule has 0 radical (unpaired) electrons. The minimum absolute atomic E-state index is 0.000955. The molecule has 26 heavy (non-hydrogen) atoms. The van der Waals surface area contributed by atoms with Crippen molar-refractivity contribution in [1.82, 2.24) is 9.78 Å². The molecular weight excluding hydrogens is 377 g/mol. The zero-order valence-corrected chi connectivity index (χ0v) is 14.3. The minimum Gasteiger partial charge on any atom is -0.358 e. The van der Waals surface area contributed by atoms with Crippen LogP contribution in [0.25, 0.3) is 0 Å². The van der Waals surface area contributed by atoms with Gasteiger partial charge in [-0.3, -0.25) is 4.79 Å². The topological polar surface area (TPSA) is 90.1 Å². The molecule has 1 aromatic carbocycles. The SMILES string of the molecule is Cc1c(Cl)c([N+](=O)[O-])nn1CCCC(=O)Nc1cccc(C(F)(F)F)c1. The van der Waals surface area contributed by atoms with Gasteiger partial charge in [0.25, 0.3) is 0 Å². The lowest BCUT2D eigenvalue weighted by Gasteiger charge is -2.09. The summed E-state index contributed by atoms with van der Waals surface area (Å²) in [5, 5.41) is 16.8. The van der Waals surface area contributed by atoms with E-state index in [1.165, 1.54) is 16.8 Å². The van der Waals surface area contributed by atoms with E-state index in [1.807, 2.05) is 0 Å². The van der Waals surface area contributed by atoms with Gasteiger partial charge in [-0.05, 0) is 36.5 Å². The fourth-order valence-corrected chi connectivity index (χ4v) is 2.43. The van der Waals surface area contributed by atoms with E-state index < -0.39 is 28.4 Å². The van der Waals surface area contributed by atoms with Gasteiger partial charge in [-0.25, -0.2) is 0 Å². The second-order valence-electron chi connectivity index (χ2n) is 5.43. The zero-order chi connectivity index (χ0) is 19.5. The van der Waals surface area contributed by atoms with E-state index in [1.54, 1.807) is 6.92 Å². The van der Waals surface area contributed by atoms with Gasteiger partial charge >= 0.3 is 12.0 Å². The van der Waals surface area contributed by atoms with Crippen LogP contribution >= 0.6 is 11.6 Å². The Morgan fingerprint density at radius 2 is 2.12 bits per heavy atom. The first-order valence-corrected chi connectivity index (χ1v) is 7.82. The van der Waals surface area contributed by atoms with Gasteiger partial charge < -0.3 is 15.4 Å². The number of aryl methyl sites for hydroxylation is 1. The van der Waals surface area contributed by atoms with E-state index in [4.69, 9.17) is 11.6 Å². The Kier molecular flexibility index (Phi) is 5.86. The lowest BCUT2D eigenvalue weighted by atomic mass is 10.2. The average molecular weight is 391 g/mol. The smallest absolute Gasteiger partial charge is 0.358 e. The number of halogens is 4. The molecule has 0 aliphatic rings. The van der Waals surface area contributed by atoms with E-state index in [0.29, 0.717) is 5.69 Å². The van der Waals surface area contributed by atoms with Crippen LogP contribution in [0.15, 0.2) is 24.3 Å². The average Bonchev–Trinajstić information content (AvgIpc) is 2.83. The van der Waals surface area contributed by atoms with E-state index in [2.05, 4.69) is 10.4 Å².